The molecule has 1 saturated carbocycles. The summed E-state index contributed by atoms with van der Waals surface area (Å²) >= 11 is 1.59. The highest BCUT2D eigenvalue weighted by molar-refractivity contribution is 7.13. The number of benzene rings is 2. The number of piperazine rings is 1. The summed E-state index contributed by atoms with van der Waals surface area (Å²) in [5.74, 6) is 0.322. The van der Waals surface area contributed by atoms with Crippen LogP contribution in [0.1, 0.15) is 102 Å². The molecule has 1 aliphatic carbocycles. The topological polar surface area (TPSA) is 231 Å². The maximum absolute atomic E-state index is 14.3. The average Bonchev–Trinajstić information content (AvgIpc) is 4.31. The Hall–Kier alpha value is -6.87. The van der Waals surface area contributed by atoms with Crippen molar-refractivity contribution in [3.63, 3.8) is 0 Å². The second-order valence-electron chi connectivity index (χ2n) is 22.2. The zero-order valence-corrected chi connectivity index (χ0v) is 45.8. The molecule has 5 fully saturated rings. The minimum absolute atomic E-state index is 0.0488. The van der Waals surface area contributed by atoms with E-state index in [1.165, 1.54) is 4.90 Å². The van der Waals surface area contributed by atoms with E-state index >= 15 is 0 Å². The molecule has 1 unspecified atom stereocenters. The summed E-state index contributed by atoms with van der Waals surface area (Å²) < 4.78 is 24.9. The lowest BCUT2D eigenvalue weighted by Crippen LogP contribution is -2.54. The molecule has 4 saturated heterocycles. The number of hydrogen-bond acceptors (Lipinski definition) is 18. The number of aryl methyl sites for hydroxylation is 1. The molecule has 8 atom stereocenters. The second kappa shape index (κ2) is 22.8. The number of aliphatic hydroxyl groups is 1. The van der Waals surface area contributed by atoms with E-state index < -0.39 is 18.1 Å². The van der Waals surface area contributed by atoms with Crippen molar-refractivity contribution in [2.75, 3.05) is 54.9 Å². The number of carbonyl (C=O) groups excluding carboxylic acids is 2. The standard InChI is InChI=1S/C58H71N11O8S/c1-33(2)54(58(73)68-31-42(70)24-49(68)57(72)62-35(4)37-10-12-38(13-11-37)55-36(5)61-32-78-55)51-28-53(65-77-51)74-21-20-66-19-17-43(22-34(66)3)75-44-25-45(26-44)76-52-23-39(16-18-60-52)69-40-14-15-41(69)30-67(29-40)48-27-47(63-64-56(48)59)46-8-6-7-9-50(46)71/h6-13,16,18,23,27-28,32-35,40-45,49,54,70-71H,14-15,17,19-22,24-26,29-31H2,1-5H3,(H2,59,64)(H,62,72)/t34-,35-,40+,41?,42+,43-,44?,45?,49-,54+/m0/s1. The number of fused-ring (bicyclic) bond motifs is 2. The molecule has 19 nitrogen and oxygen atoms in total. The van der Waals surface area contributed by atoms with Crippen LogP contribution in [0.3, 0.4) is 0 Å². The quantitative estimate of drug-likeness (QED) is 0.0651. The molecule has 11 rings (SSSR count). The number of amides is 2. The summed E-state index contributed by atoms with van der Waals surface area (Å²) in [6, 6.07) is 22.7. The fourth-order valence-electron chi connectivity index (χ4n) is 12.3. The van der Waals surface area contributed by atoms with Gasteiger partial charge in [-0.15, -0.1) is 21.5 Å². The fourth-order valence-corrected chi connectivity index (χ4v) is 13.1. The number of hydrogen-bond donors (Lipinski definition) is 4. The van der Waals surface area contributed by atoms with E-state index in [2.05, 4.69) is 64.4 Å². The van der Waals surface area contributed by atoms with Crippen LogP contribution in [-0.2, 0) is 14.3 Å². The number of rotatable bonds is 18. The maximum Gasteiger partial charge on any atom is 0.254 e. The number of thiazole rings is 1. The maximum atomic E-state index is 14.3. The third kappa shape index (κ3) is 11.4. The van der Waals surface area contributed by atoms with Crippen LogP contribution in [0.25, 0.3) is 21.7 Å². The van der Waals surface area contributed by atoms with E-state index in [1.54, 1.807) is 29.5 Å². The number of nitrogens with two attached hydrogens (primary N) is 1. The molecule has 0 spiro atoms. The van der Waals surface area contributed by atoms with Gasteiger partial charge in [-0.05, 0) is 92.9 Å². The van der Waals surface area contributed by atoms with Crippen LogP contribution in [0.4, 0.5) is 17.2 Å². The van der Waals surface area contributed by atoms with Gasteiger partial charge in [-0.1, -0.05) is 50.2 Å². The van der Waals surface area contributed by atoms with Gasteiger partial charge in [-0.2, -0.15) is 0 Å². The first kappa shape index (κ1) is 53.1. The van der Waals surface area contributed by atoms with Crippen LogP contribution in [0, 0.1) is 12.8 Å². The molecule has 8 heterocycles. The Kier molecular flexibility index (Phi) is 15.6. The number of pyridine rings is 1. The smallest absolute Gasteiger partial charge is 0.254 e. The number of phenols is 1. The Morgan fingerprint density at radius 1 is 0.897 bits per heavy atom. The number of likely N-dealkylation sites (tertiary alicyclic amines) is 2. The molecular formula is C58H71N11O8S. The van der Waals surface area contributed by atoms with Gasteiger partial charge in [0.2, 0.25) is 17.7 Å². The molecule has 0 radical (unpaired) electrons. The van der Waals surface area contributed by atoms with Gasteiger partial charge in [0.25, 0.3) is 5.88 Å². The van der Waals surface area contributed by atoms with Crippen molar-refractivity contribution in [1.82, 2.24) is 40.4 Å². The van der Waals surface area contributed by atoms with Crippen molar-refractivity contribution in [1.29, 1.82) is 0 Å². The van der Waals surface area contributed by atoms with Gasteiger partial charge >= 0.3 is 0 Å². The molecule has 2 amide bonds. The lowest BCUT2D eigenvalue weighted by molar-refractivity contribution is -0.141. The van der Waals surface area contributed by atoms with E-state index in [9.17, 15) is 19.8 Å². The van der Waals surface area contributed by atoms with Gasteiger partial charge < -0.3 is 54.7 Å². The fraction of sp³-hybridized carbons (Fsp3) is 0.500. The number of nitrogen functional groups attached to an aromatic ring is 1. The summed E-state index contributed by atoms with van der Waals surface area (Å²) in [6.45, 7) is 13.6. The number of piperidine rings is 1. The molecule has 4 aliphatic heterocycles. The highest BCUT2D eigenvalue weighted by Crippen LogP contribution is 2.41. The van der Waals surface area contributed by atoms with E-state index in [1.807, 2.05) is 81.9 Å². The Morgan fingerprint density at radius 2 is 1.68 bits per heavy atom. The molecular weight excluding hydrogens is 1010 g/mol. The number of para-hydroxylation sites is 1. The molecule has 412 valence electrons. The highest BCUT2D eigenvalue weighted by atomic mass is 32.1. The van der Waals surface area contributed by atoms with Crippen molar-refractivity contribution >= 4 is 40.3 Å². The van der Waals surface area contributed by atoms with Gasteiger partial charge in [0.05, 0.1) is 51.8 Å². The molecule has 2 aromatic carbocycles. The Balaban J connectivity index is 0.610. The Bertz CT molecular complexity index is 3050. The SMILES string of the molecule is Cc1ncsc1-c1ccc([C@H](C)NC(=O)[C@@H]2C[C@@H](O)CN2C(=O)[C@@H](c2cc(OCCN3CC[C@H](OC4CC(Oc5cc(N6C7CC[C@@H]6CN(c6cc(-c8ccccc8O)nnc6N)C7)ccn5)C4)C[C@@H]3C)no2)C(C)C)cc1. The number of carbonyl (C=O) groups is 2. The largest absolute Gasteiger partial charge is 0.507 e. The summed E-state index contributed by atoms with van der Waals surface area (Å²) in [5.41, 5.74) is 14.4. The first-order valence-corrected chi connectivity index (χ1v) is 28.5. The van der Waals surface area contributed by atoms with Crippen LogP contribution in [0.2, 0.25) is 0 Å². The number of ether oxygens (including phenoxy) is 3. The number of phenolic OH excluding ortho intramolecular Hbond substituents is 1. The Morgan fingerprint density at radius 3 is 2.41 bits per heavy atom. The number of aliphatic hydroxyl groups excluding tert-OH is 1. The summed E-state index contributed by atoms with van der Waals surface area (Å²) in [7, 11) is 0. The van der Waals surface area contributed by atoms with Gasteiger partial charge in [-0.25, -0.2) is 9.97 Å². The van der Waals surface area contributed by atoms with E-state index in [4.69, 9.17) is 24.5 Å². The van der Waals surface area contributed by atoms with Crippen LogP contribution in [0.5, 0.6) is 17.5 Å². The molecule has 20 heteroatoms. The molecule has 6 aromatic rings. The molecule has 5 N–H and O–H groups in total. The first-order valence-electron chi connectivity index (χ1n) is 27.6. The number of β-amino-alcohol motifs (C(OH)–C–C–N with tert-alkyl or cyclic N) is 1. The zero-order chi connectivity index (χ0) is 54.2. The molecule has 4 aromatic heterocycles. The van der Waals surface area contributed by atoms with Crippen molar-refractivity contribution in [3.05, 3.63) is 102 Å². The molecule has 78 heavy (non-hydrogen) atoms. The van der Waals surface area contributed by atoms with Gasteiger partial charge in [0.15, 0.2) is 11.6 Å². The number of nitrogens with one attached hydrogen (secondary N) is 1. The van der Waals surface area contributed by atoms with Crippen molar-refractivity contribution in [3.8, 4) is 39.2 Å². The van der Waals surface area contributed by atoms with Crippen LogP contribution in [0.15, 0.2) is 89.0 Å². The minimum atomic E-state index is -0.832. The number of anilines is 3. The summed E-state index contributed by atoms with van der Waals surface area (Å²) in [5, 5.41) is 37.0. The third-order valence-electron chi connectivity index (χ3n) is 16.5. The van der Waals surface area contributed by atoms with Crippen LogP contribution >= 0.6 is 11.3 Å². The number of nitrogens with zero attached hydrogens (tertiary/aromatic N) is 9. The average molecular weight is 1080 g/mol. The lowest BCUT2D eigenvalue weighted by atomic mass is 9.91. The Labute approximate surface area is 459 Å². The van der Waals surface area contributed by atoms with Crippen molar-refractivity contribution in [2.45, 2.75) is 140 Å². The van der Waals surface area contributed by atoms with Crippen LogP contribution < -0.4 is 30.3 Å². The lowest BCUT2D eigenvalue weighted by Gasteiger charge is -2.43. The van der Waals surface area contributed by atoms with E-state index in [0.717, 1.165) is 91.2 Å². The second-order valence-corrected chi connectivity index (χ2v) is 23.1. The number of aromatic nitrogens is 5. The van der Waals surface area contributed by atoms with Crippen LogP contribution in [-0.4, -0.2) is 145 Å². The first-order chi connectivity index (χ1) is 37.7. The minimum Gasteiger partial charge on any atom is -0.507 e. The molecule has 2 bridgehead atoms. The monoisotopic (exact) mass is 1080 g/mol. The summed E-state index contributed by atoms with van der Waals surface area (Å²) in [6.07, 6.45) is 7.14. The van der Waals surface area contributed by atoms with E-state index in [-0.39, 0.29) is 72.9 Å². The predicted octanol–water partition coefficient (Wildman–Crippen LogP) is 7.54. The van der Waals surface area contributed by atoms with Gasteiger partial charge in [-0.3, -0.25) is 14.5 Å². The van der Waals surface area contributed by atoms with Gasteiger partial charge in [0.1, 0.15) is 30.4 Å². The van der Waals surface area contributed by atoms with Crippen molar-refractivity contribution < 1.29 is 38.5 Å². The van der Waals surface area contributed by atoms with E-state index in [0.29, 0.717) is 53.8 Å². The van der Waals surface area contributed by atoms with Gasteiger partial charge in [0, 0.05) is 99.7 Å². The molecule has 5 aliphatic rings. The zero-order valence-electron chi connectivity index (χ0n) is 45.0. The van der Waals surface area contributed by atoms with Crippen molar-refractivity contribution in [2.24, 2.45) is 5.92 Å². The highest BCUT2D eigenvalue weighted by Gasteiger charge is 2.45. The normalized spacial score (nSPS) is 25.0. The third-order valence-corrected chi connectivity index (χ3v) is 17.5. The predicted molar refractivity (Wildman–Crippen MR) is 296 cm³/mol. The number of aromatic hydroxyl groups is 1. The summed E-state index contributed by atoms with van der Waals surface area (Å²) in [4.78, 5) is 46.8.